The molecule has 0 atom stereocenters. The second-order valence-electron chi connectivity index (χ2n) is 24.2. The lowest BCUT2D eigenvalue weighted by atomic mass is 9.67. The molecular weight excluding hydrogens is 1340 g/mol. The third-order valence-corrected chi connectivity index (χ3v) is 21.4. The Hall–Kier alpha value is -11.2. The maximum atomic E-state index is 6.55. The van der Waals surface area contributed by atoms with Gasteiger partial charge >= 0.3 is 0 Å². The molecule has 0 saturated heterocycles. The average molecular weight is 1400 g/mol. The standard InChI is InChI=1S/C88H56Br2N2O4S/c1-5-53-23-37-63(38-24-53)95-65-45-31-57(32-46-65)88(58-33-47-66(48-34-58)96-64-39-25-54(6-2)26-40-64)76-20-12-10-16-70(76)80-72(18-14-22-78(80)88)86-84-83(91-81-67-49-35-59(89)51-73(67)74-52-60(90)36-50-68(74)82(81)92-84)85(97-86)71-17-13-21-77-79(71)69-15-9-11-19-75(69)87(77,55-27-41-61(42-28-55)93-7-3)56-29-43-62(44-30-56)94-8-4/h5-52H,1-4H2. The van der Waals surface area contributed by atoms with Crippen LogP contribution in [0, 0.1) is 0 Å². The Morgan fingerprint density at radius 2 is 0.649 bits per heavy atom. The van der Waals surface area contributed by atoms with Gasteiger partial charge in [0.2, 0.25) is 0 Å². The van der Waals surface area contributed by atoms with Gasteiger partial charge in [0.1, 0.15) is 45.5 Å². The molecule has 2 heterocycles. The van der Waals surface area contributed by atoms with Gasteiger partial charge in [-0.2, -0.15) is 0 Å². The molecule has 15 aromatic rings. The Morgan fingerprint density at radius 3 is 1.01 bits per heavy atom. The summed E-state index contributed by atoms with van der Waals surface area (Å²) >= 11 is 9.46. The molecule has 0 unspecified atom stereocenters. The van der Waals surface area contributed by atoms with E-state index in [0.29, 0.717) is 11.5 Å². The zero-order valence-electron chi connectivity index (χ0n) is 52.2. The van der Waals surface area contributed by atoms with Crippen LogP contribution in [0.15, 0.2) is 315 Å². The predicted octanol–water partition coefficient (Wildman–Crippen LogP) is 24.7. The molecule has 0 amide bonds. The van der Waals surface area contributed by atoms with E-state index >= 15 is 0 Å². The fourth-order valence-corrected chi connectivity index (χ4v) is 17.1. The molecule has 6 nitrogen and oxygen atoms in total. The van der Waals surface area contributed by atoms with Crippen molar-refractivity contribution in [1.82, 2.24) is 9.97 Å². The highest BCUT2D eigenvalue weighted by Gasteiger charge is 2.49. The molecule has 462 valence electrons. The monoisotopic (exact) mass is 1390 g/mol. The molecule has 0 fully saturated rings. The van der Waals surface area contributed by atoms with E-state index in [0.717, 1.165) is 174 Å². The van der Waals surface area contributed by atoms with E-state index in [2.05, 4.69) is 252 Å². The maximum absolute atomic E-state index is 6.55. The van der Waals surface area contributed by atoms with Crippen molar-refractivity contribution in [2.75, 3.05) is 0 Å². The number of halogens is 2. The van der Waals surface area contributed by atoms with E-state index in [1.54, 1.807) is 11.3 Å². The third kappa shape index (κ3) is 9.54. The average Bonchev–Trinajstić information content (AvgIpc) is 1.55. The Bertz CT molecular complexity index is 5580. The van der Waals surface area contributed by atoms with Crippen LogP contribution in [-0.4, -0.2) is 9.97 Å². The molecule has 2 aliphatic rings. The summed E-state index contributed by atoms with van der Waals surface area (Å²) in [5.41, 5.74) is 19.1. The largest absolute Gasteiger partial charge is 0.466 e. The first-order valence-corrected chi connectivity index (χ1v) is 34.3. The highest BCUT2D eigenvalue weighted by atomic mass is 79.9. The summed E-state index contributed by atoms with van der Waals surface area (Å²) in [7, 11) is 0. The van der Waals surface area contributed by atoms with Gasteiger partial charge in [0, 0.05) is 30.8 Å². The summed E-state index contributed by atoms with van der Waals surface area (Å²) in [5, 5.41) is 4.18. The van der Waals surface area contributed by atoms with Gasteiger partial charge in [-0.25, -0.2) is 9.97 Å². The van der Waals surface area contributed by atoms with Gasteiger partial charge in [-0.1, -0.05) is 240 Å². The first-order chi connectivity index (χ1) is 47.7. The van der Waals surface area contributed by atoms with Crippen molar-refractivity contribution in [2.45, 2.75) is 10.8 Å². The highest BCUT2D eigenvalue weighted by molar-refractivity contribution is 9.10. The molecule has 0 radical (unpaired) electrons. The van der Waals surface area contributed by atoms with Crippen LogP contribution < -0.4 is 18.9 Å². The van der Waals surface area contributed by atoms with Crippen LogP contribution in [0.5, 0.6) is 34.5 Å². The zero-order chi connectivity index (χ0) is 65.5. The number of ether oxygens (including phenoxy) is 4. The molecule has 0 bridgehead atoms. The summed E-state index contributed by atoms with van der Waals surface area (Å²) in [6, 6.07) is 94.4. The van der Waals surface area contributed by atoms with Crippen LogP contribution >= 0.6 is 43.2 Å². The molecular formula is C88H56Br2N2O4S. The van der Waals surface area contributed by atoms with Crippen molar-refractivity contribution in [2.24, 2.45) is 0 Å². The van der Waals surface area contributed by atoms with E-state index in [-0.39, 0.29) is 0 Å². The Morgan fingerprint density at radius 1 is 0.320 bits per heavy atom. The molecule has 97 heavy (non-hydrogen) atoms. The molecule has 2 aromatic heterocycles. The zero-order valence-corrected chi connectivity index (χ0v) is 56.2. The van der Waals surface area contributed by atoms with Crippen LogP contribution in [0.25, 0.3) is 98.9 Å². The van der Waals surface area contributed by atoms with E-state index in [1.807, 2.05) is 84.9 Å². The fourth-order valence-electron chi connectivity index (χ4n) is 15.1. The Kier molecular flexibility index (Phi) is 14.7. The SMILES string of the molecule is C=COc1ccc(C2(c3ccc(OC=C)cc3)c3ccccc3-c3c(-c4sc(-c5cccc6c5-c5ccccc5C6(c5ccc(Oc6ccc(C=C)cc6)cc5)c5ccc(Oc6ccc(C=C)cc6)cc5)c5nc6c7ccc(Br)cc7c7cc(Br)ccc7c6nc45)cccc32)cc1. The van der Waals surface area contributed by atoms with Crippen molar-refractivity contribution < 1.29 is 18.9 Å². The summed E-state index contributed by atoms with van der Waals surface area (Å²) in [6.07, 6.45) is 6.59. The van der Waals surface area contributed by atoms with Crippen LogP contribution in [0.2, 0.25) is 0 Å². The Balaban J connectivity index is 0.936. The van der Waals surface area contributed by atoms with E-state index < -0.39 is 10.8 Å². The number of benzene rings is 13. The lowest BCUT2D eigenvalue weighted by Crippen LogP contribution is -2.28. The number of thiophene rings is 1. The van der Waals surface area contributed by atoms with Crippen molar-refractivity contribution in [3.8, 4) is 77.6 Å². The molecule has 0 saturated carbocycles. The smallest absolute Gasteiger partial charge is 0.127 e. The first kappa shape index (κ1) is 59.5. The highest BCUT2D eigenvalue weighted by Crippen LogP contribution is 2.63. The third-order valence-electron chi connectivity index (χ3n) is 19.2. The van der Waals surface area contributed by atoms with Crippen molar-refractivity contribution in [1.29, 1.82) is 0 Å². The van der Waals surface area contributed by atoms with Gasteiger partial charge < -0.3 is 18.9 Å². The summed E-state index contributed by atoms with van der Waals surface area (Å²) in [6.45, 7) is 15.6. The minimum Gasteiger partial charge on any atom is -0.466 e. The number of aromatic nitrogens is 2. The van der Waals surface area contributed by atoms with Crippen molar-refractivity contribution in [3.63, 3.8) is 0 Å². The van der Waals surface area contributed by atoms with Crippen molar-refractivity contribution >= 4 is 99.0 Å². The predicted molar refractivity (Wildman–Crippen MR) is 406 cm³/mol. The van der Waals surface area contributed by atoms with Crippen LogP contribution in [-0.2, 0) is 10.8 Å². The van der Waals surface area contributed by atoms with Gasteiger partial charge in [-0.05, 0) is 186 Å². The molecule has 2 aliphatic carbocycles. The van der Waals surface area contributed by atoms with E-state index in [4.69, 9.17) is 28.9 Å². The number of nitrogens with zero attached hydrogens (tertiary/aromatic N) is 2. The summed E-state index contributed by atoms with van der Waals surface area (Å²) in [4.78, 5) is 14.1. The second-order valence-corrected chi connectivity index (χ2v) is 27.1. The number of hydrogen-bond acceptors (Lipinski definition) is 7. The molecule has 0 aliphatic heterocycles. The van der Waals surface area contributed by atoms with Crippen LogP contribution in [0.1, 0.15) is 55.6 Å². The Labute approximate surface area is 582 Å². The molecule has 0 N–H and O–H groups in total. The normalized spacial score (nSPS) is 13.0. The fraction of sp³-hybridized carbons (Fsp3) is 0.0227. The van der Waals surface area contributed by atoms with Gasteiger partial charge in [0.05, 0.1) is 44.1 Å². The molecule has 17 rings (SSSR count). The van der Waals surface area contributed by atoms with Gasteiger partial charge in [0.25, 0.3) is 0 Å². The lowest BCUT2D eigenvalue weighted by molar-refractivity contribution is 0.481. The van der Waals surface area contributed by atoms with E-state index in [9.17, 15) is 0 Å². The summed E-state index contributed by atoms with van der Waals surface area (Å²) < 4.78 is 26.8. The summed E-state index contributed by atoms with van der Waals surface area (Å²) in [5.74, 6) is 4.32. The number of hydrogen-bond donors (Lipinski definition) is 0. The van der Waals surface area contributed by atoms with E-state index in [1.165, 1.54) is 12.5 Å². The maximum Gasteiger partial charge on any atom is 0.127 e. The van der Waals surface area contributed by atoms with Gasteiger partial charge in [-0.3, -0.25) is 0 Å². The topological polar surface area (TPSA) is 62.7 Å². The second kappa shape index (κ2) is 23.9. The lowest BCUT2D eigenvalue weighted by Gasteiger charge is -2.34. The molecule has 9 heteroatoms. The molecule has 13 aromatic carbocycles. The minimum atomic E-state index is -0.833. The first-order valence-electron chi connectivity index (χ1n) is 31.9. The molecule has 0 spiro atoms. The van der Waals surface area contributed by atoms with Gasteiger partial charge in [0.15, 0.2) is 0 Å². The van der Waals surface area contributed by atoms with Gasteiger partial charge in [-0.15, -0.1) is 11.3 Å². The number of rotatable bonds is 16. The quantitative estimate of drug-likeness (QED) is 0.0710. The van der Waals surface area contributed by atoms with Crippen LogP contribution in [0.3, 0.4) is 0 Å². The van der Waals surface area contributed by atoms with Crippen LogP contribution in [0.4, 0.5) is 0 Å². The van der Waals surface area contributed by atoms with Crippen molar-refractivity contribution in [3.05, 3.63) is 370 Å². The minimum absolute atomic E-state index is 0.698. The number of fused-ring (bicyclic) bond motifs is 13.